The first-order valence-electron chi connectivity index (χ1n) is 11.3. The molecule has 0 saturated carbocycles. The van der Waals surface area contributed by atoms with Crippen molar-refractivity contribution < 1.29 is 23.5 Å². The first-order chi connectivity index (χ1) is 16.1. The normalized spacial score (nSPS) is 14.4. The minimum atomic E-state index is -0.453. The summed E-state index contributed by atoms with van der Waals surface area (Å²) in [5.74, 6) is 2.46. The number of methoxy groups -OCH3 is 2. The number of nitrogens with zero attached hydrogens (tertiary/aromatic N) is 2. The molecule has 1 N–H and O–H groups in total. The van der Waals surface area contributed by atoms with Crippen molar-refractivity contribution in [3.63, 3.8) is 0 Å². The largest absolute Gasteiger partial charge is 0.493 e. The number of benzene rings is 2. The lowest BCUT2D eigenvalue weighted by molar-refractivity contribution is 0.172. The highest BCUT2D eigenvalue weighted by Crippen LogP contribution is 2.37. The lowest BCUT2D eigenvalue weighted by Crippen LogP contribution is -2.33. The molecule has 1 aromatic heterocycles. The Morgan fingerprint density at radius 1 is 1.18 bits per heavy atom. The number of rotatable bonds is 8. The molecule has 0 bridgehead atoms. The Morgan fingerprint density at radius 3 is 2.68 bits per heavy atom. The monoisotopic (exact) mass is 489 g/mol. The molecule has 34 heavy (non-hydrogen) atoms. The van der Waals surface area contributed by atoms with Crippen molar-refractivity contribution in [2.45, 2.75) is 32.2 Å². The SMILES string of the molecule is CNC(=O)Oc1cccc(CN2CCC(CCc3noc4c(OC)c(OC)ccc34)CC2)c1.Cl. The summed E-state index contributed by atoms with van der Waals surface area (Å²) in [7, 11) is 4.77. The summed E-state index contributed by atoms with van der Waals surface area (Å²) in [6.45, 7) is 2.96. The maximum atomic E-state index is 11.4. The van der Waals surface area contributed by atoms with E-state index >= 15 is 0 Å². The van der Waals surface area contributed by atoms with Crippen LogP contribution in [-0.2, 0) is 13.0 Å². The second-order valence-corrected chi connectivity index (χ2v) is 8.35. The Kier molecular flexibility index (Phi) is 9.01. The van der Waals surface area contributed by atoms with Crippen LogP contribution in [0.2, 0.25) is 0 Å². The van der Waals surface area contributed by atoms with Gasteiger partial charge >= 0.3 is 6.09 Å². The molecule has 2 aromatic carbocycles. The van der Waals surface area contributed by atoms with Crippen LogP contribution in [0, 0.1) is 5.92 Å². The van der Waals surface area contributed by atoms with E-state index in [0.717, 1.165) is 62.0 Å². The minimum Gasteiger partial charge on any atom is -0.493 e. The molecular weight excluding hydrogens is 458 g/mol. The number of fused-ring (bicyclic) bond motifs is 1. The van der Waals surface area contributed by atoms with Crippen LogP contribution in [0.3, 0.4) is 0 Å². The van der Waals surface area contributed by atoms with Crippen LogP contribution >= 0.6 is 12.4 Å². The van der Waals surface area contributed by atoms with E-state index in [1.807, 2.05) is 24.3 Å². The van der Waals surface area contributed by atoms with Crippen LogP contribution in [0.5, 0.6) is 17.2 Å². The van der Waals surface area contributed by atoms with E-state index in [2.05, 4.69) is 21.4 Å². The molecule has 0 spiro atoms. The highest BCUT2D eigenvalue weighted by molar-refractivity contribution is 5.87. The van der Waals surface area contributed by atoms with Crippen LogP contribution < -0.4 is 19.5 Å². The van der Waals surface area contributed by atoms with Crippen molar-refractivity contribution in [1.29, 1.82) is 0 Å². The molecular formula is C25H32ClN3O5. The van der Waals surface area contributed by atoms with Gasteiger partial charge in [0.25, 0.3) is 0 Å². The Morgan fingerprint density at radius 2 is 1.97 bits per heavy atom. The van der Waals surface area contributed by atoms with Gasteiger partial charge in [-0.3, -0.25) is 4.90 Å². The van der Waals surface area contributed by atoms with E-state index < -0.39 is 6.09 Å². The number of amides is 1. The van der Waals surface area contributed by atoms with Crippen molar-refractivity contribution >= 4 is 29.5 Å². The number of hydrogen-bond acceptors (Lipinski definition) is 7. The zero-order chi connectivity index (χ0) is 23.2. The Labute approximate surface area is 205 Å². The average molecular weight is 490 g/mol. The molecule has 0 aliphatic carbocycles. The summed E-state index contributed by atoms with van der Waals surface area (Å²) < 4.78 is 21.6. The van der Waals surface area contributed by atoms with Gasteiger partial charge in [0.1, 0.15) is 5.75 Å². The highest BCUT2D eigenvalue weighted by Gasteiger charge is 2.22. The van der Waals surface area contributed by atoms with E-state index in [1.165, 1.54) is 0 Å². The first-order valence-corrected chi connectivity index (χ1v) is 11.3. The number of ether oxygens (including phenoxy) is 3. The van der Waals surface area contributed by atoms with Crippen molar-refractivity contribution in [3.8, 4) is 17.2 Å². The van der Waals surface area contributed by atoms with Gasteiger partial charge in [-0.15, -0.1) is 12.4 Å². The quantitative estimate of drug-likeness (QED) is 0.485. The van der Waals surface area contributed by atoms with Gasteiger partial charge in [0.05, 0.1) is 19.9 Å². The molecule has 2 heterocycles. The van der Waals surface area contributed by atoms with E-state index in [-0.39, 0.29) is 12.4 Å². The molecule has 1 aliphatic heterocycles. The molecule has 0 atom stereocenters. The summed E-state index contributed by atoms with van der Waals surface area (Å²) >= 11 is 0. The van der Waals surface area contributed by atoms with Gasteiger partial charge in [-0.25, -0.2) is 4.79 Å². The zero-order valence-corrected chi connectivity index (χ0v) is 20.7. The third-order valence-electron chi connectivity index (χ3n) is 6.27. The summed E-state index contributed by atoms with van der Waals surface area (Å²) in [4.78, 5) is 13.9. The molecule has 1 saturated heterocycles. The summed E-state index contributed by atoms with van der Waals surface area (Å²) in [6, 6.07) is 11.6. The van der Waals surface area contributed by atoms with Gasteiger partial charge in [0.2, 0.25) is 11.3 Å². The maximum Gasteiger partial charge on any atom is 0.412 e. The topological polar surface area (TPSA) is 86.1 Å². The van der Waals surface area contributed by atoms with Gasteiger partial charge in [0.15, 0.2) is 5.75 Å². The molecule has 1 fully saturated rings. The molecule has 9 heteroatoms. The molecule has 0 radical (unpaired) electrons. The van der Waals surface area contributed by atoms with Crippen LogP contribution in [0.25, 0.3) is 11.0 Å². The van der Waals surface area contributed by atoms with Crippen LogP contribution in [0.4, 0.5) is 4.79 Å². The highest BCUT2D eigenvalue weighted by atomic mass is 35.5. The maximum absolute atomic E-state index is 11.4. The average Bonchev–Trinajstić information content (AvgIpc) is 3.26. The fourth-order valence-electron chi connectivity index (χ4n) is 4.44. The van der Waals surface area contributed by atoms with E-state index in [1.54, 1.807) is 27.3 Å². The van der Waals surface area contributed by atoms with Crippen molar-refractivity contribution in [2.75, 3.05) is 34.4 Å². The van der Waals surface area contributed by atoms with Crippen molar-refractivity contribution in [3.05, 3.63) is 47.7 Å². The van der Waals surface area contributed by atoms with E-state index in [4.69, 9.17) is 18.7 Å². The Balaban J connectivity index is 0.00000324. The predicted molar refractivity (Wildman–Crippen MR) is 132 cm³/mol. The summed E-state index contributed by atoms with van der Waals surface area (Å²) in [5.41, 5.74) is 2.76. The minimum absolute atomic E-state index is 0. The van der Waals surface area contributed by atoms with Crippen LogP contribution in [0.1, 0.15) is 30.5 Å². The number of nitrogens with one attached hydrogen (secondary N) is 1. The molecule has 0 unspecified atom stereocenters. The number of likely N-dealkylation sites (tertiary alicyclic amines) is 1. The molecule has 1 amide bonds. The number of aryl methyl sites for hydroxylation is 1. The zero-order valence-electron chi connectivity index (χ0n) is 19.8. The number of carbonyl (C=O) groups excluding carboxylic acids is 1. The number of aromatic nitrogens is 1. The lowest BCUT2D eigenvalue weighted by Gasteiger charge is -2.32. The van der Waals surface area contributed by atoms with Crippen molar-refractivity contribution in [2.24, 2.45) is 5.92 Å². The third-order valence-corrected chi connectivity index (χ3v) is 6.27. The molecule has 4 rings (SSSR count). The number of halogens is 1. The molecule has 3 aromatic rings. The first kappa shape index (κ1) is 25.6. The second-order valence-electron chi connectivity index (χ2n) is 8.35. The predicted octanol–water partition coefficient (Wildman–Crippen LogP) is 4.83. The molecule has 8 nitrogen and oxygen atoms in total. The Bertz CT molecular complexity index is 1100. The fraction of sp³-hybridized carbons (Fsp3) is 0.440. The van der Waals surface area contributed by atoms with Crippen molar-refractivity contribution in [1.82, 2.24) is 15.4 Å². The third kappa shape index (κ3) is 5.93. The number of carbonyl (C=O) groups is 1. The van der Waals surface area contributed by atoms with Gasteiger partial charge in [-0.1, -0.05) is 17.3 Å². The van der Waals surface area contributed by atoms with E-state index in [9.17, 15) is 4.79 Å². The van der Waals surface area contributed by atoms with Gasteiger partial charge in [0, 0.05) is 19.0 Å². The second kappa shape index (κ2) is 11.9. The lowest BCUT2D eigenvalue weighted by atomic mass is 9.91. The Hall–Kier alpha value is -2.97. The number of hydrogen-bond donors (Lipinski definition) is 1. The van der Waals surface area contributed by atoms with Gasteiger partial charge in [-0.2, -0.15) is 0 Å². The summed E-state index contributed by atoms with van der Waals surface area (Å²) in [5, 5.41) is 7.77. The van der Waals surface area contributed by atoms with Crippen LogP contribution in [-0.4, -0.2) is 50.5 Å². The smallest absolute Gasteiger partial charge is 0.412 e. The fourth-order valence-corrected chi connectivity index (χ4v) is 4.44. The van der Waals surface area contributed by atoms with E-state index in [0.29, 0.717) is 28.7 Å². The molecule has 184 valence electrons. The molecule has 1 aliphatic rings. The standard InChI is InChI=1S/C25H31N3O5.ClH/c1-26-25(29)32-19-6-4-5-18(15-19)16-28-13-11-17(12-14-28)7-9-21-20-8-10-22(30-2)24(31-3)23(20)33-27-21;/h4-6,8,10,15,17H,7,9,11-14,16H2,1-3H3,(H,26,29);1H. The number of piperidine rings is 1. The summed E-state index contributed by atoms with van der Waals surface area (Å²) in [6.07, 6.45) is 3.82. The van der Waals surface area contributed by atoms with Crippen LogP contribution in [0.15, 0.2) is 40.9 Å². The van der Waals surface area contributed by atoms with Gasteiger partial charge < -0.3 is 24.1 Å². The van der Waals surface area contributed by atoms with Gasteiger partial charge in [-0.05, 0) is 74.5 Å².